The predicted octanol–water partition coefficient (Wildman–Crippen LogP) is 1.29. The van der Waals surface area contributed by atoms with E-state index in [0.717, 1.165) is 27.7 Å². The van der Waals surface area contributed by atoms with Crippen LogP contribution in [0.3, 0.4) is 0 Å². The molecule has 0 saturated heterocycles. The Labute approximate surface area is 165 Å². The molecule has 2 aromatic carbocycles. The third kappa shape index (κ3) is 6.61. The van der Waals surface area contributed by atoms with Crippen LogP contribution in [-0.2, 0) is 4.74 Å². The van der Waals surface area contributed by atoms with Crippen LogP contribution in [0, 0.1) is 20.8 Å². The topological polar surface area (TPSA) is 35.5 Å². The fourth-order valence-corrected chi connectivity index (χ4v) is 3.84. The van der Waals surface area contributed by atoms with Crippen LogP contribution < -0.4 is 28.9 Å². The van der Waals surface area contributed by atoms with Crippen LogP contribution in [0.25, 0.3) is 0 Å². The molecule has 0 saturated carbocycles. The van der Waals surface area contributed by atoms with E-state index in [1.807, 2.05) is 45.0 Å². The van der Waals surface area contributed by atoms with Crippen LogP contribution in [0.1, 0.15) is 35.4 Å². The van der Waals surface area contributed by atoms with Crippen molar-refractivity contribution in [1.29, 1.82) is 0 Å². The van der Waals surface area contributed by atoms with Crippen LogP contribution in [0.2, 0.25) is 0 Å². The Morgan fingerprint density at radius 1 is 1.04 bits per heavy atom. The molecule has 0 aliphatic rings. The molecule has 0 N–H and O–H groups in total. The van der Waals surface area contributed by atoms with Gasteiger partial charge in [0, 0.05) is 12.2 Å². The van der Waals surface area contributed by atoms with Gasteiger partial charge in [0.05, 0.1) is 6.61 Å². The van der Waals surface area contributed by atoms with Crippen molar-refractivity contribution in [3.05, 3.63) is 58.7 Å². The minimum atomic E-state index is 0. The van der Waals surface area contributed by atoms with Crippen molar-refractivity contribution in [2.75, 3.05) is 19.8 Å². The summed E-state index contributed by atoms with van der Waals surface area (Å²) in [4.78, 5) is 12.7. The van der Waals surface area contributed by atoms with Gasteiger partial charge < -0.3 is 10.9 Å². The third-order valence-electron chi connectivity index (χ3n) is 3.72. The summed E-state index contributed by atoms with van der Waals surface area (Å²) in [6, 6.07) is 11.9. The van der Waals surface area contributed by atoms with Crippen molar-refractivity contribution in [2.45, 2.75) is 27.7 Å². The second-order valence-electron chi connectivity index (χ2n) is 5.80. The summed E-state index contributed by atoms with van der Waals surface area (Å²) < 4.78 is 10.8. The molecule has 0 aliphatic carbocycles. The first-order valence-electron chi connectivity index (χ1n) is 8.21. The summed E-state index contributed by atoms with van der Waals surface area (Å²) >= 11 is 0. The molecule has 0 radical (unpaired) electrons. The molecule has 1 atom stereocenters. The number of rotatable bonds is 8. The van der Waals surface area contributed by atoms with E-state index >= 15 is 0 Å². The van der Waals surface area contributed by atoms with Crippen molar-refractivity contribution >= 4 is 19.4 Å². The van der Waals surface area contributed by atoms with Gasteiger partial charge in [-0.2, -0.15) is 0 Å². The first-order valence-corrected chi connectivity index (χ1v) is 9.21. The summed E-state index contributed by atoms with van der Waals surface area (Å²) in [5.41, 5.74) is 4.35. The van der Waals surface area contributed by atoms with Gasteiger partial charge in [-0.15, -0.1) is 0 Å². The van der Waals surface area contributed by atoms with Gasteiger partial charge in [0.1, 0.15) is 12.4 Å². The molecule has 0 fully saturated rings. The maximum absolute atomic E-state index is 12.7. The summed E-state index contributed by atoms with van der Waals surface area (Å²) in [7, 11) is 0.125. The molecular formula is C20H26LiO3P. The van der Waals surface area contributed by atoms with Gasteiger partial charge in [0.2, 0.25) is 0 Å². The van der Waals surface area contributed by atoms with Crippen LogP contribution in [-0.4, -0.2) is 25.3 Å². The summed E-state index contributed by atoms with van der Waals surface area (Å²) in [6.45, 7) is 9.86. The number of aryl methyl sites for hydroxylation is 3. The van der Waals surface area contributed by atoms with Gasteiger partial charge in [-0.3, -0.25) is 4.79 Å². The first kappa shape index (κ1) is 21.9. The zero-order valence-corrected chi connectivity index (χ0v) is 16.8. The minimum absolute atomic E-state index is 0. The molecule has 0 amide bonds. The van der Waals surface area contributed by atoms with Crippen LogP contribution >= 0.6 is 8.58 Å². The van der Waals surface area contributed by atoms with Crippen molar-refractivity contribution < 1.29 is 34.6 Å². The van der Waals surface area contributed by atoms with E-state index in [0.29, 0.717) is 19.8 Å². The Hall–Kier alpha value is -1.10. The van der Waals surface area contributed by atoms with E-state index in [1.165, 1.54) is 5.56 Å². The van der Waals surface area contributed by atoms with Crippen molar-refractivity contribution in [3.63, 3.8) is 0 Å². The van der Waals surface area contributed by atoms with Crippen LogP contribution in [0.15, 0.2) is 36.4 Å². The number of carbonyl (C=O) groups is 1. The number of ether oxygens (including phenoxy) is 2. The molecule has 25 heavy (non-hydrogen) atoms. The van der Waals surface area contributed by atoms with Gasteiger partial charge in [-0.05, 0) is 64.8 Å². The van der Waals surface area contributed by atoms with E-state index in [2.05, 4.69) is 19.1 Å². The SMILES string of the molecule is CCOCCOc1ccc(PC(=O)c2c(C)cc(C)cc2C)cc1.[H-].[Li+]. The van der Waals surface area contributed by atoms with Gasteiger partial charge in [-0.25, -0.2) is 0 Å². The molecule has 0 heterocycles. The molecule has 0 spiro atoms. The minimum Gasteiger partial charge on any atom is -1.00 e. The maximum atomic E-state index is 12.7. The van der Waals surface area contributed by atoms with Crippen molar-refractivity contribution in [1.82, 2.24) is 0 Å². The number of benzene rings is 2. The molecule has 0 aliphatic heterocycles. The molecule has 130 valence electrons. The Balaban J connectivity index is 0.00000312. The number of carbonyl (C=O) groups excluding carboxylic acids is 1. The summed E-state index contributed by atoms with van der Waals surface area (Å²) in [5, 5.41) is 1.02. The standard InChI is InChI=1S/C20H25O3P.Li.H/c1-5-22-10-11-23-17-6-8-18(9-7-17)24-20(21)19-15(3)12-14(2)13-16(19)4;;/h6-9,12-13,24H,5,10-11H2,1-4H3;;/q;+1;-1. The Kier molecular flexibility index (Phi) is 9.47. The van der Waals surface area contributed by atoms with E-state index in [-0.39, 0.29) is 34.4 Å². The van der Waals surface area contributed by atoms with Crippen LogP contribution in [0.5, 0.6) is 5.75 Å². The second-order valence-corrected chi connectivity index (χ2v) is 7.08. The summed E-state index contributed by atoms with van der Waals surface area (Å²) in [5.74, 6) is 0.804. The van der Waals surface area contributed by atoms with Gasteiger partial charge in [0.25, 0.3) is 0 Å². The molecule has 0 bridgehead atoms. The monoisotopic (exact) mass is 352 g/mol. The fourth-order valence-electron chi connectivity index (χ4n) is 2.73. The normalized spacial score (nSPS) is 10.7. The quantitative estimate of drug-likeness (QED) is 0.408. The van der Waals surface area contributed by atoms with Crippen molar-refractivity contribution in [3.8, 4) is 5.75 Å². The Bertz CT molecular complexity index is 682. The molecule has 2 aromatic rings. The third-order valence-corrected chi connectivity index (χ3v) is 4.82. The Morgan fingerprint density at radius 3 is 2.20 bits per heavy atom. The Morgan fingerprint density at radius 2 is 1.64 bits per heavy atom. The number of hydrogen-bond acceptors (Lipinski definition) is 3. The number of hydrogen-bond donors (Lipinski definition) is 0. The van der Waals surface area contributed by atoms with Gasteiger partial charge >= 0.3 is 18.9 Å². The molecule has 1 unspecified atom stereocenters. The van der Waals surface area contributed by atoms with Crippen LogP contribution in [0.4, 0.5) is 0 Å². The maximum Gasteiger partial charge on any atom is 1.00 e. The van der Waals surface area contributed by atoms with Gasteiger partial charge in [0.15, 0.2) is 5.52 Å². The average Bonchev–Trinajstić information content (AvgIpc) is 2.52. The van der Waals surface area contributed by atoms with Crippen molar-refractivity contribution in [2.24, 2.45) is 0 Å². The molecule has 5 heteroatoms. The smallest absolute Gasteiger partial charge is 1.00 e. The first-order chi connectivity index (χ1) is 11.5. The second kappa shape index (κ2) is 10.8. The van der Waals surface area contributed by atoms with E-state index in [9.17, 15) is 4.79 Å². The zero-order valence-electron chi connectivity index (χ0n) is 16.8. The molecular weight excluding hydrogens is 326 g/mol. The molecule has 0 aromatic heterocycles. The fraction of sp³-hybridized carbons (Fsp3) is 0.350. The average molecular weight is 352 g/mol. The molecule has 3 nitrogen and oxygen atoms in total. The van der Waals surface area contributed by atoms with E-state index < -0.39 is 0 Å². The molecule has 2 rings (SSSR count). The van der Waals surface area contributed by atoms with E-state index in [1.54, 1.807) is 0 Å². The predicted molar refractivity (Wildman–Crippen MR) is 102 cm³/mol. The van der Waals surface area contributed by atoms with Gasteiger partial charge in [-0.1, -0.05) is 29.8 Å². The summed E-state index contributed by atoms with van der Waals surface area (Å²) in [6.07, 6.45) is 0. The van der Waals surface area contributed by atoms with E-state index in [4.69, 9.17) is 9.47 Å². The largest absolute Gasteiger partial charge is 1.00 e. The zero-order chi connectivity index (χ0) is 17.5.